The molecule has 2 aliphatic heterocycles. The van der Waals surface area contributed by atoms with Crippen molar-refractivity contribution in [2.45, 2.75) is 96.2 Å². The number of ether oxygens (including phenoxy) is 1. The van der Waals surface area contributed by atoms with E-state index in [1.165, 1.54) is 0 Å². The molecule has 6 rings (SSSR count). The van der Waals surface area contributed by atoms with Gasteiger partial charge in [-0.15, -0.1) is 0 Å². The van der Waals surface area contributed by atoms with E-state index < -0.39 is 15.6 Å². The van der Waals surface area contributed by atoms with Crippen LogP contribution in [-0.4, -0.2) is 66.3 Å². The molecular weight excluding hydrogens is 630 g/mol. The van der Waals surface area contributed by atoms with Gasteiger partial charge < -0.3 is 14.2 Å². The van der Waals surface area contributed by atoms with Gasteiger partial charge >= 0.3 is 0 Å². The molecule has 2 aromatic carbocycles. The SMILES string of the molecule is CCCCC1=N[C@@]2(CCCN(C(=O)C3CC3)C2)C(=O)N1Cc1ccc(-c2ccccc2S(=O)(=O)Nc2noc(C)c2C)c(COCC)c1. The summed E-state index contributed by atoms with van der Waals surface area (Å²) in [6.45, 7) is 9.59. The van der Waals surface area contributed by atoms with Gasteiger partial charge in [-0.05, 0) is 75.6 Å². The van der Waals surface area contributed by atoms with Crippen LogP contribution < -0.4 is 4.72 Å². The monoisotopic (exact) mass is 675 g/mol. The number of benzene rings is 2. The van der Waals surface area contributed by atoms with Crippen LogP contribution in [0, 0.1) is 19.8 Å². The van der Waals surface area contributed by atoms with E-state index in [9.17, 15) is 18.0 Å². The van der Waals surface area contributed by atoms with Crippen LogP contribution >= 0.6 is 0 Å². The van der Waals surface area contributed by atoms with Gasteiger partial charge in [-0.1, -0.05) is 54.9 Å². The van der Waals surface area contributed by atoms with E-state index in [4.69, 9.17) is 14.3 Å². The molecule has 1 saturated carbocycles. The third kappa shape index (κ3) is 6.78. The van der Waals surface area contributed by atoms with E-state index in [0.29, 0.717) is 61.5 Å². The van der Waals surface area contributed by atoms with Gasteiger partial charge in [0.2, 0.25) is 5.91 Å². The fourth-order valence-corrected chi connectivity index (χ4v) is 7.91. The van der Waals surface area contributed by atoms with Gasteiger partial charge in [0.05, 0.1) is 24.6 Å². The van der Waals surface area contributed by atoms with Crippen molar-refractivity contribution >= 4 is 33.5 Å². The third-order valence-corrected chi connectivity index (χ3v) is 11.0. The molecule has 11 nitrogen and oxygen atoms in total. The number of carbonyl (C=O) groups excluding carboxylic acids is 2. The molecule has 2 amide bonds. The smallest absolute Gasteiger partial charge is 0.263 e. The third-order valence-electron chi connectivity index (χ3n) is 9.59. The molecule has 1 aliphatic carbocycles. The van der Waals surface area contributed by atoms with Crippen LogP contribution in [0.3, 0.4) is 0 Å². The van der Waals surface area contributed by atoms with Crippen molar-refractivity contribution in [3.05, 3.63) is 64.9 Å². The summed E-state index contributed by atoms with van der Waals surface area (Å²) in [7, 11) is -4.03. The van der Waals surface area contributed by atoms with Crippen molar-refractivity contribution in [2.75, 3.05) is 24.4 Å². The van der Waals surface area contributed by atoms with E-state index in [2.05, 4.69) is 16.8 Å². The Hall–Kier alpha value is -4.03. The number of piperidine rings is 1. The van der Waals surface area contributed by atoms with Gasteiger partial charge in [0, 0.05) is 36.6 Å². The number of nitrogens with zero attached hydrogens (tertiary/aromatic N) is 4. The lowest BCUT2D eigenvalue weighted by atomic mass is 9.88. The number of amides is 2. The van der Waals surface area contributed by atoms with Gasteiger partial charge in [0.1, 0.15) is 11.6 Å². The first-order valence-corrected chi connectivity index (χ1v) is 18.5. The summed E-state index contributed by atoms with van der Waals surface area (Å²) in [6.07, 6.45) is 5.82. The summed E-state index contributed by atoms with van der Waals surface area (Å²) < 4.78 is 41.0. The van der Waals surface area contributed by atoms with E-state index in [0.717, 1.165) is 49.1 Å². The number of nitrogens with one attached hydrogen (secondary N) is 1. The lowest BCUT2D eigenvalue weighted by Gasteiger charge is -2.37. The Morgan fingerprint density at radius 2 is 1.92 bits per heavy atom. The predicted octanol–water partition coefficient (Wildman–Crippen LogP) is 6.00. The topological polar surface area (TPSA) is 134 Å². The van der Waals surface area contributed by atoms with Crippen molar-refractivity contribution in [3.8, 4) is 11.1 Å². The first-order chi connectivity index (χ1) is 23.1. The standard InChI is InChI=1S/C36H45N5O6S/c1-5-7-13-32-37-36(18-10-19-40(23-36)34(42)27-15-16-27)35(43)41(32)21-26-14-17-29(28(20-26)22-46-6-2)30-11-8-9-12-31(30)48(44,45)39-33-24(3)25(4)47-38-33/h8-9,11-12,14,17,20,27H,5-7,10,13,15-16,18-19,21-23H2,1-4H3,(H,38,39)/t36-/m1/s1. The number of amidine groups is 1. The maximum atomic E-state index is 14.3. The molecule has 0 radical (unpaired) electrons. The summed E-state index contributed by atoms with van der Waals surface area (Å²) in [5.74, 6) is 1.68. The van der Waals surface area contributed by atoms with Crippen molar-refractivity contribution in [1.82, 2.24) is 15.0 Å². The van der Waals surface area contributed by atoms with Gasteiger partial charge in [0.25, 0.3) is 15.9 Å². The molecule has 256 valence electrons. The van der Waals surface area contributed by atoms with Crippen LogP contribution in [-0.2, 0) is 37.5 Å². The number of aromatic nitrogens is 1. The van der Waals surface area contributed by atoms with Crippen molar-refractivity contribution in [1.29, 1.82) is 0 Å². The Kier molecular flexibility index (Phi) is 9.76. The normalized spacial score (nSPS) is 19.7. The zero-order chi connectivity index (χ0) is 34.1. The Labute approximate surface area is 282 Å². The number of anilines is 1. The number of rotatable bonds is 13. The largest absolute Gasteiger partial charge is 0.377 e. The molecule has 0 bridgehead atoms. The number of aryl methyl sites for hydroxylation is 1. The zero-order valence-corrected chi connectivity index (χ0v) is 29.1. The Morgan fingerprint density at radius 3 is 2.62 bits per heavy atom. The first kappa shape index (κ1) is 33.9. The van der Waals surface area contributed by atoms with E-state index in [-0.39, 0.29) is 35.1 Å². The van der Waals surface area contributed by atoms with Crippen molar-refractivity contribution in [3.63, 3.8) is 0 Å². The minimum absolute atomic E-state index is 0.0433. The lowest BCUT2D eigenvalue weighted by Crippen LogP contribution is -2.55. The van der Waals surface area contributed by atoms with Gasteiger partial charge in [0.15, 0.2) is 11.4 Å². The van der Waals surface area contributed by atoms with Crippen LogP contribution in [0.15, 0.2) is 56.9 Å². The predicted molar refractivity (Wildman–Crippen MR) is 183 cm³/mol. The highest BCUT2D eigenvalue weighted by molar-refractivity contribution is 7.92. The first-order valence-electron chi connectivity index (χ1n) is 17.0. The quantitative estimate of drug-likeness (QED) is 0.235. The molecule has 1 atom stereocenters. The highest BCUT2D eigenvalue weighted by Gasteiger charge is 2.51. The minimum Gasteiger partial charge on any atom is -0.377 e. The maximum Gasteiger partial charge on any atom is 0.263 e. The maximum absolute atomic E-state index is 14.3. The number of likely N-dealkylation sites (tertiary alicyclic amines) is 1. The summed E-state index contributed by atoms with van der Waals surface area (Å²) >= 11 is 0. The van der Waals surface area contributed by atoms with Gasteiger partial charge in [-0.2, -0.15) is 0 Å². The number of unbranched alkanes of at least 4 members (excludes halogenated alkanes) is 1. The summed E-state index contributed by atoms with van der Waals surface area (Å²) in [5, 5.41) is 3.89. The number of hydrogen-bond acceptors (Lipinski definition) is 8. The van der Waals surface area contributed by atoms with Crippen molar-refractivity contribution in [2.24, 2.45) is 10.9 Å². The van der Waals surface area contributed by atoms with Crippen LogP contribution in [0.1, 0.15) is 81.2 Å². The van der Waals surface area contributed by atoms with Gasteiger partial charge in [-0.25, -0.2) is 8.42 Å². The summed E-state index contributed by atoms with van der Waals surface area (Å²) in [6, 6.07) is 12.7. The number of sulfonamides is 1. The van der Waals surface area contributed by atoms with Gasteiger partial charge in [-0.3, -0.25) is 24.2 Å². The molecule has 3 aromatic rings. The molecular formula is C36H45N5O6S. The highest BCUT2D eigenvalue weighted by Crippen LogP contribution is 2.39. The molecule has 3 heterocycles. The molecule has 1 saturated heterocycles. The summed E-state index contributed by atoms with van der Waals surface area (Å²) in [4.78, 5) is 36.1. The molecule has 12 heteroatoms. The molecule has 2 fully saturated rings. The van der Waals surface area contributed by atoms with E-state index in [1.54, 1.807) is 38.1 Å². The van der Waals surface area contributed by atoms with Crippen LogP contribution in [0.25, 0.3) is 11.1 Å². The van der Waals surface area contributed by atoms with Crippen LogP contribution in [0.4, 0.5) is 5.82 Å². The summed E-state index contributed by atoms with van der Waals surface area (Å²) in [5.41, 5.74) is 2.61. The molecule has 1 N–H and O–H groups in total. The number of carbonyl (C=O) groups is 2. The van der Waals surface area contributed by atoms with Crippen LogP contribution in [0.2, 0.25) is 0 Å². The zero-order valence-electron chi connectivity index (χ0n) is 28.3. The Balaban J connectivity index is 1.31. The Bertz CT molecular complexity index is 1830. The lowest BCUT2D eigenvalue weighted by molar-refractivity contribution is -0.139. The number of hydrogen-bond donors (Lipinski definition) is 1. The fourth-order valence-electron chi connectivity index (χ4n) is 6.63. The van der Waals surface area contributed by atoms with E-state index >= 15 is 0 Å². The second kappa shape index (κ2) is 13.8. The van der Waals surface area contributed by atoms with E-state index in [1.807, 2.05) is 34.9 Å². The van der Waals surface area contributed by atoms with Crippen molar-refractivity contribution < 1.29 is 27.3 Å². The number of aliphatic imine (C=N–C) groups is 1. The second-order valence-electron chi connectivity index (χ2n) is 13.1. The fraction of sp³-hybridized carbons (Fsp3) is 0.500. The molecule has 1 aromatic heterocycles. The molecule has 0 unspecified atom stereocenters. The molecule has 48 heavy (non-hydrogen) atoms. The average Bonchev–Trinajstić information content (AvgIpc) is 3.86. The minimum atomic E-state index is -4.03. The van der Waals surface area contributed by atoms with Crippen LogP contribution in [0.5, 0.6) is 0 Å². The molecule has 1 spiro atoms. The second-order valence-corrected chi connectivity index (χ2v) is 14.8. The Morgan fingerprint density at radius 1 is 1.12 bits per heavy atom. The molecule has 3 aliphatic rings. The highest BCUT2D eigenvalue weighted by atomic mass is 32.2. The average molecular weight is 676 g/mol.